The molecule has 0 aliphatic carbocycles. The topological polar surface area (TPSA) is 57.2 Å². The van der Waals surface area contributed by atoms with Crippen molar-refractivity contribution < 1.29 is 13.0 Å². The van der Waals surface area contributed by atoms with E-state index in [9.17, 15) is 13.0 Å². The minimum absolute atomic E-state index is 0.0152. The van der Waals surface area contributed by atoms with Gasteiger partial charge in [0, 0.05) is 14.1 Å². The van der Waals surface area contributed by atoms with Gasteiger partial charge < -0.3 is 4.55 Å². The zero-order valence-electron chi connectivity index (χ0n) is 19.7. The first kappa shape index (κ1) is 26.6. The molecule has 29 heavy (non-hydrogen) atoms. The van der Waals surface area contributed by atoms with Crippen molar-refractivity contribution in [3.63, 3.8) is 0 Å². The maximum absolute atomic E-state index is 12.1. The molecule has 0 saturated heterocycles. The van der Waals surface area contributed by atoms with Gasteiger partial charge in [0.15, 0.2) is 0 Å². The van der Waals surface area contributed by atoms with Crippen LogP contribution < -0.4 is 5.30 Å². The van der Waals surface area contributed by atoms with Crippen LogP contribution in [0.1, 0.15) is 95.4 Å². The molecule has 0 saturated carbocycles. The van der Waals surface area contributed by atoms with Crippen LogP contribution in [0.4, 0.5) is 0 Å². The molecule has 0 radical (unpaired) electrons. The molecule has 1 unspecified atom stereocenters. The SMILES string of the molecule is CCCCCCCC[PH2+]c1c(C)c(S(=O)(=O)[O-])c(C)c(CC(C)C)c1CC(C)C. The maximum Gasteiger partial charge on any atom is 0.125 e. The Kier molecular flexibility index (Phi) is 11.4. The van der Waals surface area contributed by atoms with Gasteiger partial charge in [-0.3, -0.25) is 0 Å². The van der Waals surface area contributed by atoms with Crippen LogP contribution in [-0.2, 0) is 23.0 Å². The molecule has 0 heterocycles. The monoisotopic (exact) mass is 442 g/mol. The first-order valence-electron chi connectivity index (χ1n) is 11.4. The maximum atomic E-state index is 12.1. The zero-order valence-corrected chi connectivity index (χ0v) is 21.7. The lowest BCUT2D eigenvalue weighted by Crippen LogP contribution is -2.22. The van der Waals surface area contributed by atoms with E-state index in [1.165, 1.54) is 49.4 Å². The van der Waals surface area contributed by atoms with Crippen LogP contribution >= 0.6 is 8.58 Å². The van der Waals surface area contributed by atoms with E-state index in [1.807, 2.05) is 13.8 Å². The van der Waals surface area contributed by atoms with Crippen LogP contribution in [0, 0.1) is 25.7 Å². The van der Waals surface area contributed by atoms with Gasteiger partial charge in [-0.15, -0.1) is 0 Å². The van der Waals surface area contributed by atoms with E-state index in [0.29, 0.717) is 17.4 Å². The second-order valence-electron chi connectivity index (χ2n) is 9.36. The highest BCUT2D eigenvalue weighted by Crippen LogP contribution is 2.33. The summed E-state index contributed by atoms with van der Waals surface area (Å²) in [5.41, 5.74) is 3.91. The first-order chi connectivity index (χ1) is 13.5. The molecular formula is C24H43O3PS. The van der Waals surface area contributed by atoms with E-state index in [1.54, 1.807) is 0 Å². The Hall–Kier alpha value is -0.440. The van der Waals surface area contributed by atoms with Crippen molar-refractivity contribution in [2.75, 3.05) is 6.16 Å². The van der Waals surface area contributed by atoms with Gasteiger partial charge in [0.2, 0.25) is 0 Å². The summed E-state index contributed by atoms with van der Waals surface area (Å²) in [6, 6.07) is 0. The molecule has 0 amide bonds. The van der Waals surface area contributed by atoms with Crippen LogP contribution in [0.5, 0.6) is 0 Å². The van der Waals surface area contributed by atoms with E-state index in [4.69, 9.17) is 0 Å². The normalized spacial score (nSPS) is 12.8. The van der Waals surface area contributed by atoms with Gasteiger partial charge >= 0.3 is 0 Å². The lowest BCUT2D eigenvalue weighted by molar-refractivity contribution is 0.461. The van der Waals surface area contributed by atoms with Crippen LogP contribution in [0.2, 0.25) is 0 Å². The summed E-state index contributed by atoms with van der Waals surface area (Å²) in [6.45, 7) is 14.7. The van der Waals surface area contributed by atoms with Crippen LogP contribution in [0.25, 0.3) is 0 Å². The summed E-state index contributed by atoms with van der Waals surface area (Å²) in [6.07, 6.45) is 10.6. The lowest BCUT2D eigenvalue weighted by atomic mass is 9.88. The van der Waals surface area contributed by atoms with Crippen molar-refractivity contribution in [1.29, 1.82) is 0 Å². The zero-order chi connectivity index (χ0) is 22.2. The minimum Gasteiger partial charge on any atom is -0.744 e. The minimum atomic E-state index is -4.47. The molecule has 0 spiro atoms. The highest BCUT2D eigenvalue weighted by Gasteiger charge is 2.26. The molecule has 1 atom stereocenters. The van der Waals surface area contributed by atoms with E-state index >= 15 is 0 Å². The van der Waals surface area contributed by atoms with Crippen molar-refractivity contribution in [2.45, 2.75) is 105 Å². The Morgan fingerprint density at radius 3 is 1.86 bits per heavy atom. The van der Waals surface area contributed by atoms with Gasteiger partial charge in [-0.25, -0.2) is 8.42 Å². The second kappa shape index (κ2) is 12.4. The fraction of sp³-hybridized carbons (Fsp3) is 0.750. The van der Waals surface area contributed by atoms with Gasteiger partial charge in [0.05, 0.1) is 16.4 Å². The van der Waals surface area contributed by atoms with E-state index in [0.717, 1.165) is 30.1 Å². The number of unbranched alkanes of at least 4 members (excludes halogenated alkanes) is 5. The molecule has 0 aliphatic rings. The Bertz CT molecular complexity index is 752. The molecule has 5 heteroatoms. The largest absolute Gasteiger partial charge is 0.744 e. The van der Waals surface area contributed by atoms with Crippen molar-refractivity contribution in [2.24, 2.45) is 11.8 Å². The predicted molar refractivity (Wildman–Crippen MR) is 129 cm³/mol. The summed E-state index contributed by atoms with van der Waals surface area (Å²) in [5.74, 6) is 0.924. The molecule has 0 N–H and O–H groups in total. The highest BCUT2D eigenvalue weighted by atomic mass is 32.2. The summed E-state index contributed by atoms with van der Waals surface area (Å²) in [7, 11) is -4.49. The molecule has 0 fully saturated rings. The predicted octanol–water partition coefficient (Wildman–Crippen LogP) is 6.00. The summed E-state index contributed by atoms with van der Waals surface area (Å²) in [5, 5.41) is 1.21. The van der Waals surface area contributed by atoms with Gasteiger partial charge in [0.1, 0.15) is 10.1 Å². The molecular weight excluding hydrogens is 399 g/mol. The molecule has 3 nitrogen and oxygen atoms in total. The highest BCUT2D eigenvalue weighted by molar-refractivity contribution is 7.85. The Balaban J connectivity index is 3.31. The third-order valence-corrected chi connectivity index (χ3v) is 8.61. The molecule has 168 valence electrons. The van der Waals surface area contributed by atoms with Gasteiger partial charge in [-0.2, -0.15) is 0 Å². The molecule has 1 aromatic carbocycles. The molecule has 0 aliphatic heterocycles. The third kappa shape index (κ3) is 8.31. The van der Waals surface area contributed by atoms with Crippen molar-refractivity contribution in [3.8, 4) is 0 Å². The second-order valence-corrected chi connectivity index (χ2v) is 12.2. The molecule has 1 aromatic rings. The van der Waals surface area contributed by atoms with Crippen LogP contribution in [0.3, 0.4) is 0 Å². The van der Waals surface area contributed by atoms with E-state index in [2.05, 4.69) is 34.6 Å². The van der Waals surface area contributed by atoms with Crippen molar-refractivity contribution in [1.82, 2.24) is 0 Å². The summed E-state index contributed by atoms with van der Waals surface area (Å²) in [4.78, 5) is 0.0612. The fourth-order valence-electron chi connectivity index (χ4n) is 4.30. The number of hydrogen-bond acceptors (Lipinski definition) is 3. The number of hydrogen-bond donors (Lipinski definition) is 0. The average Bonchev–Trinajstić information content (AvgIpc) is 2.58. The summed E-state index contributed by atoms with van der Waals surface area (Å²) >= 11 is 0. The molecule has 0 aromatic heterocycles. The standard InChI is InChI=1S/C24H43O3PS/c1-8-9-10-11-12-13-14-28-23-20(7)24(29(25,26)27)19(6)21(15-17(2)3)22(23)16-18(4)5/h17-18,28H,8-16H2,1-7H3,(H,25,26,27). The molecule has 0 bridgehead atoms. The Labute approximate surface area is 182 Å². The van der Waals surface area contributed by atoms with Gasteiger partial charge in [-0.1, -0.05) is 60.3 Å². The fourth-order valence-corrected chi connectivity index (χ4v) is 7.16. The Morgan fingerprint density at radius 2 is 1.34 bits per heavy atom. The smallest absolute Gasteiger partial charge is 0.125 e. The van der Waals surface area contributed by atoms with Crippen molar-refractivity contribution >= 4 is 24.0 Å². The third-order valence-electron chi connectivity index (χ3n) is 5.61. The first-order valence-corrected chi connectivity index (χ1v) is 14.2. The van der Waals surface area contributed by atoms with Gasteiger partial charge in [-0.05, 0) is 68.1 Å². The number of rotatable bonds is 13. The average molecular weight is 443 g/mol. The van der Waals surface area contributed by atoms with Crippen molar-refractivity contribution in [3.05, 3.63) is 22.3 Å². The van der Waals surface area contributed by atoms with Gasteiger partial charge in [0.25, 0.3) is 0 Å². The Morgan fingerprint density at radius 1 is 0.828 bits per heavy atom. The molecule has 1 rings (SSSR count). The van der Waals surface area contributed by atoms with Crippen LogP contribution in [-0.4, -0.2) is 19.1 Å². The van der Waals surface area contributed by atoms with E-state index < -0.39 is 10.1 Å². The summed E-state index contributed by atoms with van der Waals surface area (Å²) < 4.78 is 36.4. The lowest BCUT2D eigenvalue weighted by Gasteiger charge is -2.24. The van der Waals surface area contributed by atoms with E-state index in [-0.39, 0.29) is 13.5 Å². The number of benzene rings is 1. The van der Waals surface area contributed by atoms with Crippen LogP contribution in [0.15, 0.2) is 4.90 Å². The quantitative estimate of drug-likeness (QED) is 0.214.